The van der Waals surface area contributed by atoms with Crippen molar-refractivity contribution in [1.82, 2.24) is 112 Å². The maximum absolute atomic E-state index is 14.9. The fourth-order valence-corrected chi connectivity index (χ4v) is 15.7. The molecule has 0 saturated heterocycles. The first-order valence-electron chi connectivity index (χ1n) is 40.3. The molecule has 0 bridgehead atoms. The molecule has 1 aliphatic carbocycles. The van der Waals surface area contributed by atoms with Gasteiger partial charge in [-0.25, -0.2) is 24.9 Å². The number of hydrogen-bond donors (Lipinski definition) is 1. The zero-order chi connectivity index (χ0) is 84.8. The zero-order valence-electron chi connectivity index (χ0n) is 71.1. The summed E-state index contributed by atoms with van der Waals surface area (Å²) in [6, 6.07) is 52.2. The van der Waals surface area contributed by atoms with E-state index in [1.165, 1.54) is 74.1 Å². The monoisotopic (exact) mass is 2510 g/mol. The Balaban J connectivity index is 0.000000145. The molecule has 0 atom stereocenters. The van der Waals surface area contributed by atoms with E-state index in [-0.39, 0.29) is 105 Å². The van der Waals surface area contributed by atoms with E-state index in [0.29, 0.717) is 34.8 Å². The van der Waals surface area contributed by atoms with Gasteiger partial charge in [-0.05, 0) is 119 Å². The molecule has 128 heavy (non-hydrogen) atoms. The standard InChI is InChI=1S/C25H17F2N4.C22H18N5.C21H25N4O.C17H15N4O.C9H10N8.4Ir.Rh/c1-30-16-28-15-22(30)31-24(18-10-6-3-7-11-18)23(17-8-4-2-5-9-17)29-25(31)20-13-12-19(26)14-21(20)27;1-3-26-19-7-5-4-6-17(19)18-12-16(8-9-20(18)26)22-24-10-11-27(22)21-15(2)13-23-14-25-21;1-5-15-11-17(24(3)4)10-14(2)20(15)25-19-9-7-6-8-18(19)23-21(25)16-12-22-26-13-16;1-12-15(10-18-11-20-12)21-7-6-19-17(21)14-4-5-16-13(9-14)3-2-8-22-16;1-15-6-11-13-9(15)17-4-3-10-8(17)7-5-16(2)14-12-7;;;;;/h2-12,14-16H,1H3;4-7,9-14H,3H2,1-2H3;10-11,13H,5-9H2,1-4H3;5-7,9-11H,2-3,8H2,1H3;3-4,6,14H,1-2H3;;;;;/q4*-1;;;;;;. The summed E-state index contributed by atoms with van der Waals surface area (Å²) in [6.07, 6.45) is 37.8. The van der Waals surface area contributed by atoms with E-state index in [2.05, 4.69) is 200 Å². The predicted octanol–water partition coefficient (Wildman–Crippen LogP) is 16.2. The first-order chi connectivity index (χ1) is 60.1. The minimum Gasteiger partial charge on any atom is -0.537 e. The van der Waals surface area contributed by atoms with E-state index in [9.17, 15) is 8.78 Å². The number of H-pyrrole nitrogens is 1. The van der Waals surface area contributed by atoms with Crippen LogP contribution in [0.25, 0.3) is 130 Å². The molecule has 12 aromatic heterocycles. The quantitative estimate of drug-likeness (QED) is 0.0568. The van der Waals surface area contributed by atoms with Crippen LogP contribution in [0.1, 0.15) is 72.4 Å². The van der Waals surface area contributed by atoms with Crippen molar-refractivity contribution in [1.29, 1.82) is 0 Å². The van der Waals surface area contributed by atoms with Crippen LogP contribution in [0.2, 0.25) is 0 Å². The largest absolute Gasteiger partial charge is 0.537 e. The molecule has 21 rings (SSSR count). The molecule has 0 fully saturated rings. The number of imidazole rings is 6. The molecule has 34 heteroatoms. The van der Waals surface area contributed by atoms with Crippen LogP contribution >= 0.6 is 0 Å². The van der Waals surface area contributed by atoms with Crippen molar-refractivity contribution in [2.75, 3.05) is 25.6 Å². The van der Waals surface area contributed by atoms with Gasteiger partial charge in [-0.3, -0.25) is 33.4 Å². The van der Waals surface area contributed by atoms with Crippen molar-refractivity contribution in [3.8, 4) is 114 Å². The average Bonchev–Trinajstić information content (AvgIpc) is 1.60. The number of hydrogen-bond acceptors (Lipinski definition) is 17. The van der Waals surface area contributed by atoms with Crippen molar-refractivity contribution in [2.24, 2.45) is 21.1 Å². The minimum atomic E-state index is -0.729. The predicted molar refractivity (Wildman–Crippen MR) is 463 cm³/mol. The molecule has 13 heterocycles. The second kappa shape index (κ2) is 42.7. The van der Waals surface area contributed by atoms with Crippen LogP contribution in [-0.4, -0.2) is 133 Å². The van der Waals surface area contributed by atoms with Crippen molar-refractivity contribution >= 4 is 27.5 Å². The Kier molecular flexibility index (Phi) is 31.7. The zero-order valence-corrected chi connectivity index (χ0v) is 82.3. The first kappa shape index (κ1) is 95.0. The number of para-hydroxylation sites is 1. The number of anilines is 1. The van der Waals surface area contributed by atoms with Gasteiger partial charge in [0, 0.05) is 270 Å². The summed E-state index contributed by atoms with van der Waals surface area (Å²) in [5, 5.41) is 21.0. The second-order valence-electron chi connectivity index (χ2n) is 29.8. The fraction of sp³-hybridized carbons (Fsp3) is 0.202. The normalized spacial score (nSPS) is 11.7. The number of nitrogens with one attached hydrogen (secondary N) is 1. The molecule has 0 unspecified atom stereocenters. The molecule has 2 aliphatic rings. The van der Waals surface area contributed by atoms with E-state index >= 15 is 0 Å². The molecule has 1 aliphatic heterocycles. The Morgan fingerprint density at radius 2 is 1.32 bits per heavy atom. The molecule has 7 aromatic carbocycles. The van der Waals surface area contributed by atoms with Crippen molar-refractivity contribution in [2.45, 2.75) is 86.1 Å². The number of fused-ring (bicyclic) bond motifs is 5. The van der Waals surface area contributed by atoms with E-state index in [0.717, 1.165) is 137 Å². The first-order valence-corrected chi connectivity index (χ1v) is 40.3. The molecular weight excluding hydrogens is 2420 g/mol. The van der Waals surface area contributed by atoms with Gasteiger partial charge in [0.25, 0.3) is 0 Å². The average molecular weight is 2510 g/mol. The summed E-state index contributed by atoms with van der Waals surface area (Å²) in [4.78, 5) is 46.4. The van der Waals surface area contributed by atoms with Crippen molar-refractivity contribution in [3.05, 3.63) is 302 Å². The molecular formula is C94H85F2Ir4N25O2Rh-4. The number of aromatic nitrogens is 24. The molecule has 0 amide bonds. The Hall–Kier alpha value is -12.1. The number of rotatable bonds is 15. The summed E-state index contributed by atoms with van der Waals surface area (Å²) in [5.74, 6) is 5.27. The maximum atomic E-state index is 14.9. The number of aromatic amines is 1. The minimum absolute atomic E-state index is 0. The second-order valence-corrected chi connectivity index (χ2v) is 29.8. The van der Waals surface area contributed by atoms with E-state index in [1.54, 1.807) is 76.4 Å². The van der Waals surface area contributed by atoms with Crippen molar-refractivity contribution in [3.63, 3.8) is 0 Å². The number of halogens is 2. The third-order valence-corrected chi connectivity index (χ3v) is 21.5. The summed E-state index contributed by atoms with van der Waals surface area (Å²) in [5.41, 5.74) is 20.8. The Morgan fingerprint density at radius 3 is 2.01 bits per heavy atom. The van der Waals surface area contributed by atoms with Crippen LogP contribution < -0.4 is 14.3 Å². The SMILES string of the molecule is CCc1cc(N(C)C)cc(C)c1-n1c(-c2[c-]noc2)nc2c1CCCC2.CCn1c2c[c-]c(-c3nccn3-c3ncncc3C)cc2c2ccccc21.Cc1ncncc1-n1ccnc1-c1[c-]cc2c(c1)CCCO2.Cn1cncc1-n1c(-c2[c-]cc(F)cc2F)nc(-c2ccccc2)c1-c1ccccc1.Cn1cnnc1-n1ccnc1-c1[c-][n+](C)[nH]n1.[Ir].[Ir].[Ir].[Ir].[Rh]. The molecule has 661 valence electrons. The molecule has 19 aromatic rings. The Morgan fingerprint density at radius 1 is 0.617 bits per heavy atom. The van der Waals surface area contributed by atoms with Crippen LogP contribution in [0.5, 0.6) is 5.75 Å². The van der Waals surface area contributed by atoms with Gasteiger partial charge in [0.05, 0.1) is 72.6 Å². The van der Waals surface area contributed by atoms with Gasteiger partial charge in [0.2, 0.25) is 5.95 Å². The van der Waals surface area contributed by atoms with Gasteiger partial charge in [0.1, 0.15) is 36.3 Å². The summed E-state index contributed by atoms with van der Waals surface area (Å²) in [6.45, 7) is 12.3. The van der Waals surface area contributed by atoms with E-state index in [1.807, 2.05) is 145 Å². The number of benzene rings is 7. The third-order valence-electron chi connectivity index (χ3n) is 21.5. The van der Waals surface area contributed by atoms with E-state index in [4.69, 9.17) is 19.2 Å². The fourth-order valence-electron chi connectivity index (χ4n) is 15.7. The summed E-state index contributed by atoms with van der Waals surface area (Å²) >= 11 is 0. The maximum Gasteiger partial charge on any atom is 0.220 e. The van der Waals surface area contributed by atoms with Gasteiger partial charge < -0.3 is 55.7 Å². The van der Waals surface area contributed by atoms with Gasteiger partial charge in [-0.15, -0.1) is 69.9 Å². The molecule has 0 spiro atoms. The summed E-state index contributed by atoms with van der Waals surface area (Å²) < 4.78 is 56.7. The molecule has 1 N–H and O–H groups in total. The summed E-state index contributed by atoms with van der Waals surface area (Å²) in [7, 11) is 9.71. The molecule has 27 nitrogen and oxygen atoms in total. The topological polar surface area (TPSA) is 265 Å². The van der Waals surface area contributed by atoms with Crippen LogP contribution in [0.3, 0.4) is 0 Å². The van der Waals surface area contributed by atoms with Crippen LogP contribution in [0, 0.1) is 63.0 Å². The van der Waals surface area contributed by atoms with E-state index < -0.39 is 11.6 Å². The van der Waals surface area contributed by atoms with Crippen LogP contribution in [0.15, 0.2) is 225 Å². The van der Waals surface area contributed by atoms with Gasteiger partial charge in [-0.2, -0.15) is 5.16 Å². The van der Waals surface area contributed by atoms with Crippen LogP contribution in [-0.2, 0) is 153 Å². The smallest absolute Gasteiger partial charge is 0.220 e. The number of nitrogens with zero attached hydrogens (tertiary/aromatic N) is 24. The Bertz CT molecular complexity index is 6950. The number of ether oxygens (including phenoxy) is 1. The van der Waals surface area contributed by atoms with Crippen molar-refractivity contribution < 1.29 is 123 Å². The Labute approximate surface area is 804 Å². The number of aryl methyl sites for hydroxylation is 10. The van der Waals surface area contributed by atoms with Crippen LogP contribution in [0.4, 0.5) is 14.5 Å². The molecule has 5 radical (unpaired) electrons. The third kappa shape index (κ3) is 19.6. The van der Waals surface area contributed by atoms with Gasteiger partial charge >= 0.3 is 0 Å². The van der Waals surface area contributed by atoms with Gasteiger partial charge in [-0.1, -0.05) is 119 Å². The molecule has 0 saturated carbocycles. The van der Waals surface area contributed by atoms with Gasteiger partial charge in [0.15, 0.2) is 0 Å².